The van der Waals surface area contributed by atoms with Gasteiger partial charge in [0.05, 0.1) is 40.3 Å². The molecule has 284 valence electrons. The van der Waals surface area contributed by atoms with Gasteiger partial charge in [0, 0.05) is 38.5 Å². The van der Waals surface area contributed by atoms with Crippen molar-refractivity contribution in [3.63, 3.8) is 0 Å². The number of nitrogens with zero attached hydrogens (tertiary/aromatic N) is 4. The monoisotopic (exact) mass is 792 g/mol. The molecule has 0 amide bonds. The molecule has 0 aliphatic carbocycles. The number of para-hydroxylation sites is 3. The number of aromatic nitrogens is 2. The average Bonchev–Trinajstić information content (AvgIpc) is 3.85. The van der Waals surface area contributed by atoms with Gasteiger partial charge in [-0.05, 0) is 87.0 Å². The molecule has 4 nitrogen and oxygen atoms in total. The predicted octanol–water partition coefficient (Wildman–Crippen LogP) is 11.3. The molecule has 0 saturated heterocycles. The SMILES string of the molecule is [C-]#[N+]c1cccc(-n2c3ccccc3c3cccc(-c4ccc5c(c4)c4ccccc4n5-c4cccc([Si](c5ccccc5)(c5ccccc5)c5cccc(C#N)c5)c4)c32)c1. The Labute approximate surface area is 354 Å². The largest absolute Gasteiger partial charge is 0.310 e. The van der Waals surface area contributed by atoms with Crippen molar-refractivity contribution in [1.82, 2.24) is 9.13 Å². The summed E-state index contributed by atoms with van der Waals surface area (Å²) < 4.78 is 4.72. The second-order valence-corrected chi connectivity index (χ2v) is 19.3. The molecular formula is C56H36N4Si. The molecule has 0 aliphatic rings. The van der Waals surface area contributed by atoms with Gasteiger partial charge in [0.25, 0.3) is 0 Å². The first kappa shape index (κ1) is 35.9. The van der Waals surface area contributed by atoms with Crippen LogP contribution in [0.5, 0.6) is 0 Å². The molecule has 5 heteroatoms. The normalized spacial score (nSPS) is 11.6. The predicted molar refractivity (Wildman–Crippen MR) is 255 cm³/mol. The Balaban J connectivity index is 1.15. The third-order valence-corrected chi connectivity index (χ3v) is 17.0. The van der Waals surface area contributed by atoms with Crippen LogP contribution in [0.15, 0.2) is 218 Å². The van der Waals surface area contributed by atoms with Crippen molar-refractivity contribution in [3.8, 4) is 28.6 Å². The lowest BCUT2D eigenvalue weighted by Crippen LogP contribution is -2.74. The van der Waals surface area contributed by atoms with Crippen molar-refractivity contribution in [3.05, 3.63) is 235 Å². The van der Waals surface area contributed by atoms with Gasteiger partial charge in [-0.1, -0.05) is 158 Å². The van der Waals surface area contributed by atoms with Crippen molar-refractivity contribution in [1.29, 1.82) is 5.26 Å². The van der Waals surface area contributed by atoms with E-state index in [2.05, 4.69) is 208 Å². The Morgan fingerprint density at radius 3 is 1.67 bits per heavy atom. The van der Waals surface area contributed by atoms with Gasteiger partial charge in [-0.25, -0.2) is 4.85 Å². The van der Waals surface area contributed by atoms with E-state index in [9.17, 15) is 5.26 Å². The van der Waals surface area contributed by atoms with Crippen LogP contribution in [0.2, 0.25) is 0 Å². The highest BCUT2D eigenvalue weighted by Crippen LogP contribution is 2.41. The third-order valence-electron chi connectivity index (χ3n) is 12.3. The lowest BCUT2D eigenvalue weighted by molar-refractivity contribution is 1.18. The molecular weight excluding hydrogens is 757 g/mol. The minimum Gasteiger partial charge on any atom is -0.310 e. The quantitative estimate of drug-likeness (QED) is 0.0900. The summed E-state index contributed by atoms with van der Waals surface area (Å²) in [5.74, 6) is 0. The Hall–Kier alpha value is -8.22. The smallest absolute Gasteiger partial charge is 0.189 e. The molecule has 61 heavy (non-hydrogen) atoms. The Morgan fingerprint density at radius 2 is 0.967 bits per heavy atom. The van der Waals surface area contributed by atoms with Gasteiger partial charge >= 0.3 is 0 Å². The summed E-state index contributed by atoms with van der Waals surface area (Å²) in [6, 6.07) is 80.1. The number of rotatable bonds is 7. The number of benzene rings is 9. The van der Waals surface area contributed by atoms with Crippen LogP contribution in [0.25, 0.3) is 71.0 Å². The summed E-state index contributed by atoms with van der Waals surface area (Å²) in [6.45, 7) is 7.76. The topological polar surface area (TPSA) is 38.0 Å². The average molecular weight is 793 g/mol. The number of hydrogen-bond acceptors (Lipinski definition) is 1. The van der Waals surface area contributed by atoms with Gasteiger partial charge in [-0.3, -0.25) is 0 Å². The van der Waals surface area contributed by atoms with E-state index in [4.69, 9.17) is 6.57 Å². The fourth-order valence-corrected chi connectivity index (χ4v) is 14.5. The van der Waals surface area contributed by atoms with Crippen molar-refractivity contribution in [2.45, 2.75) is 0 Å². The lowest BCUT2D eigenvalue weighted by Gasteiger charge is -2.34. The summed E-state index contributed by atoms with van der Waals surface area (Å²) in [4.78, 5) is 3.77. The molecule has 0 spiro atoms. The first-order valence-corrected chi connectivity index (χ1v) is 22.4. The van der Waals surface area contributed by atoms with Gasteiger partial charge in [-0.15, -0.1) is 0 Å². The van der Waals surface area contributed by atoms with Gasteiger partial charge in [0.2, 0.25) is 0 Å². The summed E-state index contributed by atoms with van der Waals surface area (Å²) in [5.41, 5.74) is 10.0. The van der Waals surface area contributed by atoms with E-state index in [0.29, 0.717) is 11.3 Å². The second-order valence-electron chi connectivity index (χ2n) is 15.5. The molecule has 9 aromatic carbocycles. The molecule has 11 aromatic rings. The number of fused-ring (bicyclic) bond motifs is 6. The first-order chi connectivity index (χ1) is 30.2. The summed E-state index contributed by atoms with van der Waals surface area (Å²) in [7, 11) is -2.94. The van der Waals surface area contributed by atoms with Crippen LogP contribution < -0.4 is 20.7 Å². The van der Waals surface area contributed by atoms with Crippen molar-refractivity contribution < 1.29 is 0 Å². The second kappa shape index (κ2) is 14.6. The van der Waals surface area contributed by atoms with E-state index in [1.807, 2.05) is 30.3 Å². The van der Waals surface area contributed by atoms with E-state index in [1.54, 1.807) is 0 Å². The van der Waals surface area contributed by atoms with Gasteiger partial charge in [-0.2, -0.15) is 5.26 Å². The minimum atomic E-state index is -2.94. The highest BCUT2D eigenvalue weighted by Gasteiger charge is 2.41. The number of hydrogen-bond donors (Lipinski definition) is 0. The number of nitriles is 1. The van der Waals surface area contributed by atoms with Gasteiger partial charge in [0.15, 0.2) is 13.8 Å². The fraction of sp³-hybridized carbons (Fsp3) is 0. The Morgan fingerprint density at radius 1 is 0.426 bits per heavy atom. The Bertz CT molecular complexity index is 3530. The third kappa shape index (κ3) is 5.64. The summed E-state index contributed by atoms with van der Waals surface area (Å²) in [5, 5.41) is 19.7. The first-order valence-electron chi connectivity index (χ1n) is 20.4. The van der Waals surface area contributed by atoms with Crippen LogP contribution in [-0.2, 0) is 0 Å². The van der Waals surface area contributed by atoms with Crippen LogP contribution in [0.1, 0.15) is 5.56 Å². The van der Waals surface area contributed by atoms with Crippen LogP contribution in [0.3, 0.4) is 0 Å². The molecule has 0 bridgehead atoms. The maximum atomic E-state index is 10.1. The molecule has 0 unspecified atom stereocenters. The molecule has 0 saturated carbocycles. The molecule has 0 atom stereocenters. The molecule has 0 fully saturated rings. The zero-order valence-corrected chi connectivity index (χ0v) is 34.1. The van der Waals surface area contributed by atoms with Crippen molar-refractivity contribution in [2.24, 2.45) is 0 Å². The standard InChI is InChI=1S/C56H36N4Si/c1-58-41-17-13-18-42(36-41)60-54-31-11-8-26-49(54)51-29-15-28-48(56(51)60)40-32-33-55-52(35-40)50-27-9-10-30-53(50)59(55)43-19-14-25-47(37-43)61(44-20-4-2-5-21-44,45-22-6-3-7-23-45)46-24-12-16-39(34-46)38-57/h2-37H. The molecule has 11 rings (SSSR count). The fourth-order valence-electron chi connectivity index (χ4n) is 9.72. The van der Waals surface area contributed by atoms with Crippen LogP contribution in [0.4, 0.5) is 5.69 Å². The summed E-state index contributed by atoms with van der Waals surface area (Å²) >= 11 is 0. The zero-order valence-electron chi connectivity index (χ0n) is 33.1. The molecule has 2 aromatic heterocycles. The maximum Gasteiger partial charge on any atom is 0.189 e. The Kier molecular flexibility index (Phi) is 8.57. The highest BCUT2D eigenvalue weighted by molar-refractivity contribution is 7.19. The van der Waals surface area contributed by atoms with Crippen LogP contribution >= 0.6 is 0 Å². The molecule has 0 N–H and O–H groups in total. The van der Waals surface area contributed by atoms with E-state index in [-0.39, 0.29) is 0 Å². The van der Waals surface area contributed by atoms with E-state index in [0.717, 1.165) is 44.6 Å². The van der Waals surface area contributed by atoms with Crippen LogP contribution in [0, 0.1) is 17.9 Å². The highest BCUT2D eigenvalue weighted by atomic mass is 28.3. The summed E-state index contributed by atoms with van der Waals surface area (Å²) in [6.07, 6.45) is 0. The van der Waals surface area contributed by atoms with Gasteiger partial charge < -0.3 is 9.13 Å². The zero-order chi connectivity index (χ0) is 40.9. The molecule has 2 heterocycles. The lowest BCUT2D eigenvalue weighted by atomic mass is 10.00. The minimum absolute atomic E-state index is 0.613. The van der Waals surface area contributed by atoms with E-state index < -0.39 is 8.07 Å². The van der Waals surface area contributed by atoms with Gasteiger partial charge in [0.1, 0.15) is 0 Å². The molecule has 0 radical (unpaired) electrons. The van der Waals surface area contributed by atoms with E-state index in [1.165, 1.54) is 42.3 Å². The maximum absolute atomic E-state index is 10.1. The van der Waals surface area contributed by atoms with Crippen molar-refractivity contribution >= 4 is 78.1 Å². The molecule has 0 aliphatic heterocycles. The van der Waals surface area contributed by atoms with Crippen molar-refractivity contribution in [2.75, 3.05) is 0 Å². The van der Waals surface area contributed by atoms with E-state index >= 15 is 0 Å². The van der Waals surface area contributed by atoms with Crippen LogP contribution in [-0.4, -0.2) is 17.2 Å².